The summed E-state index contributed by atoms with van der Waals surface area (Å²) in [5.74, 6) is -0.0130. The van der Waals surface area contributed by atoms with Gasteiger partial charge in [0, 0.05) is 39.1 Å². The molecule has 0 unspecified atom stereocenters. The van der Waals surface area contributed by atoms with Gasteiger partial charge in [0.25, 0.3) is 5.91 Å². The van der Waals surface area contributed by atoms with Crippen LogP contribution in [0.3, 0.4) is 0 Å². The molecule has 2 aromatic rings. The summed E-state index contributed by atoms with van der Waals surface area (Å²) in [6.45, 7) is 6.23. The molecule has 2 rings (SSSR count). The molecule has 2 heterocycles. The van der Waals surface area contributed by atoms with Crippen LogP contribution >= 0.6 is 0 Å². The third kappa shape index (κ3) is 4.52. The van der Waals surface area contributed by atoms with Crippen LogP contribution < -0.4 is 4.90 Å². The van der Waals surface area contributed by atoms with E-state index in [9.17, 15) is 4.79 Å². The second-order valence-corrected chi connectivity index (χ2v) is 5.41. The number of amides is 1. The minimum absolute atomic E-state index is 0.0130. The lowest BCUT2D eigenvalue weighted by Crippen LogP contribution is -2.31. The second kappa shape index (κ2) is 8.27. The van der Waals surface area contributed by atoms with E-state index in [1.54, 1.807) is 17.2 Å². The quantitative estimate of drug-likeness (QED) is 0.788. The number of rotatable bonds is 7. The van der Waals surface area contributed by atoms with Crippen LogP contribution in [-0.2, 0) is 6.42 Å². The lowest BCUT2D eigenvalue weighted by Gasteiger charge is -2.20. The average molecular weight is 312 g/mol. The van der Waals surface area contributed by atoms with Crippen molar-refractivity contribution in [3.05, 3.63) is 54.1 Å². The molecule has 2 aromatic heterocycles. The van der Waals surface area contributed by atoms with Crippen molar-refractivity contribution < 1.29 is 4.79 Å². The van der Waals surface area contributed by atoms with Crippen molar-refractivity contribution in [2.24, 2.45) is 0 Å². The first-order valence-corrected chi connectivity index (χ1v) is 8.01. The van der Waals surface area contributed by atoms with Gasteiger partial charge in [0.15, 0.2) is 0 Å². The Bertz CT molecular complexity index is 609. The van der Waals surface area contributed by atoms with E-state index in [4.69, 9.17) is 0 Å². The van der Waals surface area contributed by atoms with Crippen LogP contribution in [0.5, 0.6) is 0 Å². The molecule has 0 bridgehead atoms. The summed E-state index contributed by atoms with van der Waals surface area (Å²) < 4.78 is 0. The van der Waals surface area contributed by atoms with Gasteiger partial charge in [-0.3, -0.25) is 9.78 Å². The molecule has 0 atom stereocenters. The Morgan fingerprint density at radius 3 is 2.35 bits per heavy atom. The number of anilines is 1. The number of carbonyl (C=O) groups excluding carboxylic acids is 1. The van der Waals surface area contributed by atoms with Crippen molar-refractivity contribution in [1.29, 1.82) is 0 Å². The number of hydrogen-bond acceptors (Lipinski definition) is 4. The number of carbonyl (C=O) groups is 1. The van der Waals surface area contributed by atoms with Crippen LogP contribution in [0.15, 0.2) is 42.9 Å². The highest BCUT2D eigenvalue weighted by molar-refractivity contribution is 5.92. The minimum atomic E-state index is -0.0130. The van der Waals surface area contributed by atoms with Gasteiger partial charge in [-0.1, -0.05) is 0 Å². The Morgan fingerprint density at radius 1 is 1.09 bits per heavy atom. The van der Waals surface area contributed by atoms with E-state index < -0.39 is 0 Å². The average Bonchev–Trinajstić information content (AvgIpc) is 2.61. The molecule has 1 amide bonds. The normalized spacial score (nSPS) is 10.4. The molecule has 0 fully saturated rings. The Hall–Kier alpha value is -2.43. The highest BCUT2D eigenvalue weighted by Gasteiger charge is 2.14. The Labute approximate surface area is 138 Å². The van der Waals surface area contributed by atoms with E-state index in [-0.39, 0.29) is 5.91 Å². The van der Waals surface area contributed by atoms with Crippen LogP contribution in [0, 0.1) is 0 Å². The third-order valence-electron chi connectivity index (χ3n) is 3.94. The topological polar surface area (TPSA) is 49.3 Å². The number of hydrogen-bond donors (Lipinski definition) is 0. The molecular formula is C18H24N4O. The van der Waals surface area contributed by atoms with E-state index >= 15 is 0 Å². The van der Waals surface area contributed by atoms with Gasteiger partial charge in [-0.25, -0.2) is 4.98 Å². The molecule has 0 spiro atoms. The largest absolute Gasteiger partial charge is 0.373 e. The maximum Gasteiger partial charge on any atom is 0.272 e. The highest BCUT2D eigenvalue weighted by atomic mass is 16.2. The molecule has 0 aliphatic carbocycles. The first kappa shape index (κ1) is 16.9. The molecule has 23 heavy (non-hydrogen) atoms. The van der Waals surface area contributed by atoms with Crippen molar-refractivity contribution in [3.8, 4) is 0 Å². The summed E-state index contributed by atoms with van der Waals surface area (Å²) in [6.07, 6.45) is 6.33. The fourth-order valence-corrected chi connectivity index (χ4v) is 2.39. The lowest BCUT2D eigenvalue weighted by molar-refractivity contribution is 0.0767. The van der Waals surface area contributed by atoms with Gasteiger partial charge in [0.1, 0.15) is 5.69 Å². The number of pyridine rings is 2. The summed E-state index contributed by atoms with van der Waals surface area (Å²) in [5.41, 5.74) is 2.77. The fraction of sp³-hybridized carbons (Fsp3) is 0.389. The monoisotopic (exact) mass is 312 g/mol. The predicted molar refractivity (Wildman–Crippen MR) is 92.7 cm³/mol. The van der Waals surface area contributed by atoms with Gasteiger partial charge in [-0.2, -0.15) is 0 Å². The molecule has 0 radical (unpaired) electrons. The first-order valence-electron chi connectivity index (χ1n) is 8.01. The summed E-state index contributed by atoms with van der Waals surface area (Å²) in [7, 11) is 2.03. The minimum Gasteiger partial charge on any atom is -0.373 e. The maximum atomic E-state index is 12.2. The molecule has 0 saturated carbocycles. The SMILES string of the molecule is CCN(CC)C(=O)c1ccc(N(C)CCc2ccncc2)cn1. The van der Waals surface area contributed by atoms with Crippen molar-refractivity contribution in [2.75, 3.05) is 31.6 Å². The Morgan fingerprint density at radius 2 is 1.78 bits per heavy atom. The molecule has 0 aliphatic rings. The third-order valence-corrected chi connectivity index (χ3v) is 3.94. The van der Waals surface area contributed by atoms with E-state index in [1.807, 2.05) is 51.5 Å². The van der Waals surface area contributed by atoms with Gasteiger partial charge in [0.2, 0.25) is 0 Å². The van der Waals surface area contributed by atoms with Crippen LogP contribution in [0.4, 0.5) is 5.69 Å². The fourth-order valence-electron chi connectivity index (χ4n) is 2.39. The number of nitrogens with zero attached hydrogens (tertiary/aromatic N) is 4. The standard InChI is InChI=1S/C18H24N4O/c1-4-22(5-2)18(23)17-7-6-16(14-20-17)21(3)13-10-15-8-11-19-12-9-15/h6-9,11-12,14H,4-5,10,13H2,1-3H3. The van der Waals surface area contributed by atoms with Crippen LogP contribution in [-0.4, -0.2) is 47.5 Å². The molecule has 0 aliphatic heterocycles. The second-order valence-electron chi connectivity index (χ2n) is 5.41. The summed E-state index contributed by atoms with van der Waals surface area (Å²) in [4.78, 5) is 24.5. The van der Waals surface area contributed by atoms with Crippen LogP contribution in [0.1, 0.15) is 29.9 Å². The summed E-state index contributed by atoms with van der Waals surface area (Å²) in [5, 5.41) is 0. The summed E-state index contributed by atoms with van der Waals surface area (Å²) in [6, 6.07) is 7.81. The molecular weight excluding hydrogens is 288 g/mol. The molecule has 122 valence electrons. The number of aromatic nitrogens is 2. The molecule has 5 nitrogen and oxygen atoms in total. The Kier molecular flexibility index (Phi) is 6.09. The summed E-state index contributed by atoms with van der Waals surface area (Å²) >= 11 is 0. The van der Waals surface area contributed by atoms with E-state index in [0.29, 0.717) is 18.8 Å². The van der Waals surface area contributed by atoms with Gasteiger partial charge in [-0.05, 0) is 50.1 Å². The number of likely N-dealkylation sites (N-methyl/N-ethyl adjacent to an activating group) is 1. The van der Waals surface area contributed by atoms with Crippen LogP contribution in [0.2, 0.25) is 0 Å². The van der Waals surface area contributed by atoms with Gasteiger partial charge >= 0.3 is 0 Å². The highest BCUT2D eigenvalue weighted by Crippen LogP contribution is 2.13. The smallest absolute Gasteiger partial charge is 0.272 e. The Balaban J connectivity index is 1.97. The van der Waals surface area contributed by atoms with Crippen molar-refractivity contribution in [1.82, 2.24) is 14.9 Å². The predicted octanol–water partition coefficient (Wildman–Crippen LogP) is 2.64. The van der Waals surface area contributed by atoms with E-state index in [2.05, 4.69) is 14.9 Å². The zero-order chi connectivity index (χ0) is 16.7. The zero-order valence-electron chi connectivity index (χ0n) is 14.1. The molecule has 5 heteroatoms. The zero-order valence-corrected chi connectivity index (χ0v) is 14.1. The van der Waals surface area contributed by atoms with Crippen molar-refractivity contribution in [3.63, 3.8) is 0 Å². The van der Waals surface area contributed by atoms with E-state index in [0.717, 1.165) is 18.7 Å². The maximum absolute atomic E-state index is 12.2. The van der Waals surface area contributed by atoms with Crippen molar-refractivity contribution >= 4 is 11.6 Å². The lowest BCUT2D eigenvalue weighted by atomic mass is 10.2. The van der Waals surface area contributed by atoms with Crippen LogP contribution in [0.25, 0.3) is 0 Å². The molecule has 0 saturated heterocycles. The van der Waals surface area contributed by atoms with Gasteiger partial charge in [-0.15, -0.1) is 0 Å². The van der Waals surface area contributed by atoms with Gasteiger partial charge < -0.3 is 9.80 Å². The van der Waals surface area contributed by atoms with Gasteiger partial charge in [0.05, 0.1) is 11.9 Å². The van der Waals surface area contributed by atoms with E-state index in [1.165, 1.54) is 5.56 Å². The first-order chi connectivity index (χ1) is 11.2. The van der Waals surface area contributed by atoms with Crippen molar-refractivity contribution in [2.45, 2.75) is 20.3 Å². The molecule has 0 aromatic carbocycles. The molecule has 0 N–H and O–H groups in total.